The van der Waals surface area contributed by atoms with Gasteiger partial charge in [-0.1, -0.05) is 11.6 Å². The summed E-state index contributed by atoms with van der Waals surface area (Å²) in [5.74, 6) is -1.13. The number of carbonyl (C=O) groups is 1. The fraction of sp³-hybridized carbons (Fsp3) is 0. The van der Waals surface area contributed by atoms with E-state index in [4.69, 9.17) is 21.4 Å². The van der Waals surface area contributed by atoms with Crippen molar-refractivity contribution in [1.82, 2.24) is 0 Å². The molecule has 0 aliphatic heterocycles. The smallest absolute Gasteiger partial charge is 0.339 e. The van der Waals surface area contributed by atoms with E-state index in [1.54, 1.807) is 0 Å². The summed E-state index contributed by atoms with van der Waals surface area (Å²) in [7, 11) is 0. The Labute approximate surface area is 121 Å². The number of benzene rings is 2. The number of aromatic carboxylic acids is 1. The summed E-state index contributed by atoms with van der Waals surface area (Å²) < 4.78 is 18.7. The number of carboxylic acids is 1. The first-order valence-electron chi connectivity index (χ1n) is 5.13. The van der Waals surface area contributed by atoms with Crippen molar-refractivity contribution in [2.24, 2.45) is 0 Å². The van der Waals surface area contributed by atoms with Gasteiger partial charge in [0, 0.05) is 5.02 Å². The zero-order valence-electron chi connectivity index (χ0n) is 9.36. The SMILES string of the molecule is O=C(O)c1cc(Cl)ccc1Oc1ccc(F)c(Br)c1. The third-order valence-electron chi connectivity index (χ3n) is 2.29. The predicted molar refractivity (Wildman–Crippen MR) is 72.6 cm³/mol. The van der Waals surface area contributed by atoms with Crippen LogP contribution in [0.25, 0.3) is 0 Å². The zero-order valence-corrected chi connectivity index (χ0v) is 11.7. The van der Waals surface area contributed by atoms with Gasteiger partial charge in [-0.3, -0.25) is 0 Å². The van der Waals surface area contributed by atoms with Gasteiger partial charge in [0.15, 0.2) is 0 Å². The molecule has 98 valence electrons. The van der Waals surface area contributed by atoms with Crippen LogP contribution in [0.5, 0.6) is 11.5 Å². The average molecular weight is 346 g/mol. The van der Waals surface area contributed by atoms with Crippen LogP contribution in [-0.2, 0) is 0 Å². The number of halogens is 3. The minimum Gasteiger partial charge on any atom is -0.478 e. The van der Waals surface area contributed by atoms with E-state index in [2.05, 4.69) is 15.9 Å². The van der Waals surface area contributed by atoms with Crippen LogP contribution in [-0.4, -0.2) is 11.1 Å². The number of hydrogen-bond donors (Lipinski definition) is 1. The summed E-state index contributed by atoms with van der Waals surface area (Å²) in [6.45, 7) is 0. The van der Waals surface area contributed by atoms with Crippen molar-refractivity contribution >= 4 is 33.5 Å². The average Bonchev–Trinajstić information content (AvgIpc) is 2.36. The third kappa shape index (κ3) is 3.24. The monoisotopic (exact) mass is 344 g/mol. The summed E-state index contributed by atoms with van der Waals surface area (Å²) in [6.07, 6.45) is 0. The maximum Gasteiger partial charge on any atom is 0.339 e. The number of carboxylic acid groups (broad SMARTS) is 1. The summed E-state index contributed by atoms with van der Waals surface area (Å²) in [5.41, 5.74) is -0.0621. The van der Waals surface area contributed by atoms with Crippen LogP contribution in [0, 0.1) is 5.82 Å². The van der Waals surface area contributed by atoms with Gasteiger partial charge >= 0.3 is 5.97 Å². The molecule has 0 saturated heterocycles. The Morgan fingerprint density at radius 2 is 2.00 bits per heavy atom. The topological polar surface area (TPSA) is 46.5 Å². The lowest BCUT2D eigenvalue weighted by molar-refractivity contribution is 0.0694. The van der Waals surface area contributed by atoms with E-state index in [0.29, 0.717) is 10.8 Å². The standard InChI is InChI=1S/C13H7BrClFO3/c14-10-6-8(2-3-11(10)16)19-12-4-1-7(15)5-9(12)13(17)18/h1-6H,(H,17,18). The molecule has 0 unspecified atom stereocenters. The first kappa shape index (κ1) is 13.8. The third-order valence-corrected chi connectivity index (χ3v) is 3.13. The first-order valence-corrected chi connectivity index (χ1v) is 6.30. The Morgan fingerprint density at radius 1 is 1.26 bits per heavy atom. The molecule has 0 spiro atoms. The lowest BCUT2D eigenvalue weighted by atomic mass is 10.2. The Balaban J connectivity index is 2.37. The van der Waals surface area contributed by atoms with Crippen molar-refractivity contribution in [2.75, 3.05) is 0 Å². The van der Waals surface area contributed by atoms with E-state index in [1.807, 2.05) is 0 Å². The summed E-state index contributed by atoms with van der Waals surface area (Å²) in [4.78, 5) is 11.1. The van der Waals surface area contributed by atoms with Gasteiger partial charge in [0.25, 0.3) is 0 Å². The molecule has 0 amide bonds. The molecule has 2 aromatic rings. The maximum absolute atomic E-state index is 13.1. The van der Waals surface area contributed by atoms with Crippen molar-refractivity contribution in [1.29, 1.82) is 0 Å². The van der Waals surface area contributed by atoms with Crippen molar-refractivity contribution in [3.05, 3.63) is 57.3 Å². The Kier molecular flexibility index (Phi) is 4.07. The van der Waals surface area contributed by atoms with Gasteiger partial charge in [0.2, 0.25) is 0 Å². The van der Waals surface area contributed by atoms with E-state index in [1.165, 1.54) is 36.4 Å². The van der Waals surface area contributed by atoms with Crippen molar-refractivity contribution in [2.45, 2.75) is 0 Å². The highest BCUT2D eigenvalue weighted by molar-refractivity contribution is 9.10. The van der Waals surface area contributed by atoms with Gasteiger partial charge in [-0.2, -0.15) is 0 Å². The van der Waals surface area contributed by atoms with Crippen LogP contribution in [0.1, 0.15) is 10.4 Å². The van der Waals surface area contributed by atoms with Crippen LogP contribution in [0.4, 0.5) is 4.39 Å². The molecule has 0 atom stereocenters. The zero-order chi connectivity index (χ0) is 14.0. The van der Waals surface area contributed by atoms with Gasteiger partial charge in [0.05, 0.1) is 4.47 Å². The molecule has 1 N–H and O–H groups in total. The van der Waals surface area contributed by atoms with Gasteiger partial charge in [-0.25, -0.2) is 9.18 Å². The Bertz CT molecular complexity index is 646. The first-order chi connectivity index (χ1) is 8.97. The van der Waals surface area contributed by atoms with Gasteiger partial charge in [0.1, 0.15) is 22.9 Å². The minimum atomic E-state index is -1.15. The van der Waals surface area contributed by atoms with Crippen molar-refractivity contribution in [3.63, 3.8) is 0 Å². The lowest BCUT2D eigenvalue weighted by Gasteiger charge is -2.09. The maximum atomic E-state index is 13.1. The van der Waals surface area contributed by atoms with E-state index in [9.17, 15) is 9.18 Å². The second-order valence-electron chi connectivity index (χ2n) is 3.62. The van der Waals surface area contributed by atoms with Crippen molar-refractivity contribution in [3.8, 4) is 11.5 Å². The van der Waals surface area contributed by atoms with E-state index in [-0.39, 0.29) is 15.8 Å². The lowest BCUT2D eigenvalue weighted by Crippen LogP contribution is -2.00. The van der Waals surface area contributed by atoms with Crippen LogP contribution in [0.2, 0.25) is 5.02 Å². The highest BCUT2D eigenvalue weighted by Crippen LogP contribution is 2.30. The summed E-state index contributed by atoms with van der Waals surface area (Å²) in [5, 5.41) is 9.36. The molecule has 2 aromatic carbocycles. The van der Waals surface area contributed by atoms with Crippen LogP contribution in [0.15, 0.2) is 40.9 Å². The number of hydrogen-bond acceptors (Lipinski definition) is 2. The predicted octanol–water partition coefficient (Wildman–Crippen LogP) is 4.73. The Hall–Kier alpha value is -1.59. The largest absolute Gasteiger partial charge is 0.478 e. The van der Waals surface area contributed by atoms with E-state index >= 15 is 0 Å². The molecule has 3 nitrogen and oxygen atoms in total. The molecule has 0 aromatic heterocycles. The highest BCUT2D eigenvalue weighted by atomic mass is 79.9. The van der Waals surface area contributed by atoms with Gasteiger partial charge in [-0.05, 0) is 52.3 Å². The van der Waals surface area contributed by atoms with Crippen LogP contribution < -0.4 is 4.74 Å². The Morgan fingerprint density at radius 3 is 2.63 bits per heavy atom. The molecule has 2 rings (SSSR count). The van der Waals surface area contributed by atoms with E-state index < -0.39 is 11.8 Å². The molecule has 0 fully saturated rings. The molecule has 0 aliphatic rings. The molecule has 6 heteroatoms. The molecule has 0 heterocycles. The minimum absolute atomic E-state index is 0.0621. The fourth-order valence-corrected chi connectivity index (χ4v) is 1.96. The number of ether oxygens (including phenoxy) is 1. The summed E-state index contributed by atoms with van der Waals surface area (Å²) in [6, 6.07) is 8.29. The van der Waals surface area contributed by atoms with Crippen LogP contribution >= 0.6 is 27.5 Å². The highest BCUT2D eigenvalue weighted by Gasteiger charge is 2.13. The number of rotatable bonds is 3. The molecular weight excluding hydrogens is 338 g/mol. The molecule has 0 radical (unpaired) electrons. The normalized spacial score (nSPS) is 10.3. The van der Waals surface area contributed by atoms with Gasteiger partial charge < -0.3 is 9.84 Å². The molecule has 0 aliphatic carbocycles. The molecule has 19 heavy (non-hydrogen) atoms. The molecule has 0 saturated carbocycles. The molecule has 0 bridgehead atoms. The molecular formula is C13H7BrClFO3. The van der Waals surface area contributed by atoms with Crippen molar-refractivity contribution < 1.29 is 19.0 Å². The van der Waals surface area contributed by atoms with E-state index in [0.717, 1.165) is 0 Å². The second-order valence-corrected chi connectivity index (χ2v) is 4.91. The quantitative estimate of drug-likeness (QED) is 0.874. The second kappa shape index (κ2) is 5.59. The van der Waals surface area contributed by atoms with Gasteiger partial charge in [-0.15, -0.1) is 0 Å². The summed E-state index contributed by atoms with van der Waals surface area (Å²) >= 11 is 8.76. The fourth-order valence-electron chi connectivity index (χ4n) is 1.43. The van der Waals surface area contributed by atoms with Crippen LogP contribution in [0.3, 0.4) is 0 Å².